The predicted octanol–water partition coefficient (Wildman–Crippen LogP) is 11.2. The van der Waals surface area contributed by atoms with Crippen molar-refractivity contribution in [3.05, 3.63) is 167 Å². The molecule has 6 aromatic carbocycles. The fourth-order valence-electron chi connectivity index (χ4n) is 7.67. The fraction of sp³-hybridized carbons (Fsp3) is 0.0476. The van der Waals surface area contributed by atoms with Crippen LogP contribution in [0.5, 0.6) is 0 Å². The number of nitrogens with zero attached hydrogens (tertiary/aromatic N) is 2. The molecule has 0 radical (unpaired) electrons. The van der Waals surface area contributed by atoms with Gasteiger partial charge < -0.3 is 9.13 Å². The van der Waals surface area contributed by atoms with Crippen molar-refractivity contribution < 1.29 is 0 Å². The van der Waals surface area contributed by atoms with Gasteiger partial charge in [0, 0.05) is 38.3 Å². The van der Waals surface area contributed by atoms with Gasteiger partial charge in [0.1, 0.15) is 0 Å². The normalized spacial score (nSPS) is 15.3. The molecule has 1 atom stereocenters. The largest absolute Gasteiger partial charge is 0.310 e. The maximum absolute atomic E-state index is 2.46. The van der Waals surface area contributed by atoms with E-state index in [9.17, 15) is 0 Å². The van der Waals surface area contributed by atoms with Crippen molar-refractivity contribution >= 4 is 50.5 Å². The van der Waals surface area contributed by atoms with Crippen molar-refractivity contribution in [3.63, 3.8) is 0 Å². The van der Waals surface area contributed by atoms with E-state index in [0.29, 0.717) is 5.92 Å². The Morgan fingerprint density at radius 1 is 0.489 bits per heavy atom. The molecule has 45 heavy (non-hydrogen) atoms. The van der Waals surface area contributed by atoms with E-state index < -0.39 is 0 Å². The van der Waals surface area contributed by atoms with Crippen LogP contribution in [0.25, 0.3) is 61.3 Å². The SMILES string of the molecule is C1=C2Sc3ccccc3C2Cc2c1n(-c1ccc(-c3ccc(-n4c5ccccc5c5ccccc54)cc3)cc1)c1ccccc21. The molecule has 10 rings (SSSR count). The zero-order valence-electron chi connectivity index (χ0n) is 24.5. The summed E-state index contributed by atoms with van der Waals surface area (Å²) >= 11 is 1.94. The third-order valence-electron chi connectivity index (χ3n) is 9.74. The lowest BCUT2D eigenvalue weighted by molar-refractivity contribution is 0.811. The lowest BCUT2D eigenvalue weighted by Gasteiger charge is -2.20. The standard InChI is InChI=1S/C42H28N2S/c1-5-13-37-31(9-1)32-10-2-6-14-38(32)43(37)29-21-17-27(18-22-29)28-19-23-30(24-20-28)44-39-15-7-3-11-33(39)35-25-36-34-12-4-8-16-41(34)45-42(36)26-40(35)44/h1-24,26,36H,25H2. The van der Waals surface area contributed by atoms with Crippen molar-refractivity contribution in [2.45, 2.75) is 17.2 Å². The molecule has 3 heteroatoms. The quantitative estimate of drug-likeness (QED) is 0.198. The second-order valence-corrected chi connectivity index (χ2v) is 13.2. The van der Waals surface area contributed by atoms with Crippen molar-refractivity contribution in [1.82, 2.24) is 9.13 Å². The first kappa shape index (κ1) is 25.1. The molecule has 1 aliphatic heterocycles. The number of fused-ring (bicyclic) bond motifs is 9. The van der Waals surface area contributed by atoms with E-state index in [1.165, 1.54) is 81.8 Å². The number of para-hydroxylation sites is 3. The van der Waals surface area contributed by atoms with Crippen LogP contribution < -0.4 is 0 Å². The Balaban J connectivity index is 1.03. The second-order valence-electron chi connectivity index (χ2n) is 12.1. The van der Waals surface area contributed by atoms with Crippen molar-refractivity contribution in [2.75, 3.05) is 0 Å². The Morgan fingerprint density at radius 2 is 1.00 bits per heavy atom. The van der Waals surface area contributed by atoms with Crippen LogP contribution in [-0.2, 0) is 6.42 Å². The van der Waals surface area contributed by atoms with E-state index in [4.69, 9.17) is 0 Å². The molecule has 0 fully saturated rings. The summed E-state index contributed by atoms with van der Waals surface area (Å²) in [4.78, 5) is 2.87. The fourth-order valence-corrected chi connectivity index (χ4v) is 8.92. The Hall–Kier alpha value is -5.25. The number of allylic oxidation sites excluding steroid dienone is 1. The summed E-state index contributed by atoms with van der Waals surface area (Å²) in [5.41, 5.74) is 12.8. The van der Waals surface area contributed by atoms with Crippen LogP contribution in [0.4, 0.5) is 0 Å². The van der Waals surface area contributed by atoms with Crippen LogP contribution in [0, 0.1) is 0 Å². The minimum Gasteiger partial charge on any atom is -0.310 e. The van der Waals surface area contributed by atoms with E-state index in [1.54, 1.807) is 0 Å². The van der Waals surface area contributed by atoms with E-state index >= 15 is 0 Å². The maximum Gasteiger partial charge on any atom is 0.0541 e. The molecule has 0 spiro atoms. The minimum atomic E-state index is 0.464. The molecule has 2 aromatic heterocycles. The smallest absolute Gasteiger partial charge is 0.0541 e. The molecular weight excluding hydrogens is 565 g/mol. The van der Waals surface area contributed by atoms with Crippen molar-refractivity contribution in [2.24, 2.45) is 0 Å². The molecular formula is C42H28N2S. The number of hydrogen-bond donors (Lipinski definition) is 0. The predicted molar refractivity (Wildman–Crippen MR) is 190 cm³/mol. The van der Waals surface area contributed by atoms with Crippen LogP contribution in [0.2, 0.25) is 0 Å². The van der Waals surface area contributed by atoms with Gasteiger partial charge in [0.05, 0.1) is 22.2 Å². The van der Waals surface area contributed by atoms with Gasteiger partial charge in [0.2, 0.25) is 0 Å². The van der Waals surface area contributed by atoms with Gasteiger partial charge in [-0.3, -0.25) is 0 Å². The molecule has 212 valence electrons. The topological polar surface area (TPSA) is 9.86 Å². The number of hydrogen-bond acceptors (Lipinski definition) is 1. The van der Waals surface area contributed by atoms with E-state index in [-0.39, 0.29) is 0 Å². The highest BCUT2D eigenvalue weighted by Gasteiger charge is 2.34. The van der Waals surface area contributed by atoms with Gasteiger partial charge in [-0.05, 0) is 88.2 Å². The molecule has 8 aromatic rings. The Morgan fingerprint density at radius 3 is 1.64 bits per heavy atom. The first-order valence-corrected chi connectivity index (χ1v) is 16.4. The highest BCUT2D eigenvalue weighted by molar-refractivity contribution is 8.03. The van der Waals surface area contributed by atoms with Crippen LogP contribution in [-0.4, -0.2) is 9.13 Å². The number of aromatic nitrogens is 2. The second kappa shape index (κ2) is 9.62. The van der Waals surface area contributed by atoms with E-state index in [2.05, 4.69) is 161 Å². The zero-order valence-corrected chi connectivity index (χ0v) is 25.3. The van der Waals surface area contributed by atoms with Gasteiger partial charge >= 0.3 is 0 Å². The van der Waals surface area contributed by atoms with Gasteiger partial charge in [0.15, 0.2) is 0 Å². The third-order valence-corrected chi connectivity index (χ3v) is 11.0. The van der Waals surface area contributed by atoms with Crippen molar-refractivity contribution in [3.8, 4) is 22.5 Å². The van der Waals surface area contributed by atoms with Crippen LogP contribution in [0.15, 0.2) is 155 Å². The molecule has 2 nitrogen and oxygen atoms in total. The molecule has 0 amide bonds. The average molecular weight is 593 g/mol. The first-order chi connectivity index (χ1) is 22.3. The van der Waals surface area contributed by atoms with Gasteiger partial charge in [0.25, 0.3) is 0 Å². The molecule has 1 unspecified atom stereocenters. The first-order valence-electron chi connectivity index (χ1n) is 15.6. The average Bonchev–Trinajstić information content (AvgIpc) is 3.75. The molecule has 0 bridgehead atoms. The van der Waals surface area contributed by atoms with Gasteiger partial charge in [-0.1, -0.05) is 109 Å². The summed E-state index contributed by atoms with van der Waals surface area (Å²) in [7, 11) is 0. The zero-order chi connectivity index (χ0) is 29.5. The molecule has 2 aliphatic rings. The van der Waals surface area contributed by atoms with Gasteiger partial charge in [-0.2, -0.15) is 0 Å². The number of rotatable bonds is 3. The summed E-state index contributed by atoms with van der Waals surface area (Å²) in [6.45, 7) is 0. The summed E-state index contributed by atoms with van der Waals surface area (Å²) in [6, 6.07) is 53.3. The lowest BCUT2D eigenvalue weighted by atomic mass is 9.86. The monoisotopic (exact) mass is 592 g/mol. The van der Waals surface area contributed by atoms with E-state index in [1.807, 2.05) is 11.8 Å². The van der Waals surface area contributed by atoms with Gasteiger partial charge in [-0.15, -0.1) is 0 Å². The number of benzene rings is 6. The van der Waals surface area contributed by atoms with Crippen LogP contribution in [0.3, 0.4) is 0 Å². The molecule has 0 saturated heterocycles. The minimum absolute atomic E-state index is 0.464. The lowest BCUT2D eigenvalue weighted by Crippen LogP contribution is -2.08. The molecule has 0 saturated carbocycles. The number of thioether (sulfide) groups is 1. The Kier molecular flexibility index (Phi) is 5.37. The highest BCUT2D eigenvalue weighted by Crippen LogP contribution is 2.54. The third kappa shape index (κ3) is 3.71. The van der Waals surface area contributed by atoms with Crippen LogP contribution in [0.1, 0.15) is 22.7 Å². The molecule has 0 N–H and O–H groups in total. The Bertz CT molecular complexity index is 2420. The van der Waals surface area contributed by atoms with Crippen molar-refractivity contribution in [1.29, 1.82) is 0 Å². The summed E-state index contributed by atoms with van der Waals surface area (Å²) in [5.74, 6) is 0.464. The van der Waals surface area contributed by atoms with Gasteiger partial charge in [-0.25, -0.2) is 0 Å². The molecule has 1 aliphatic carbocycles. The van der Waals surface area contributed by atoms with Crippen LogP contribution >= 0.6 is 11.8 Å². The molecule has 3 heterocycles. The van der Waals surface area contributed by atoms with E-state index in [0.717, 1.165) is 6.42 Å². The summed E-state index contributed by atoms with van der Waals surface area (Å²) in [5, 5.41) is 3.94. The highest BCUT2D eigenvalue weighted by atomic mass is 32.2. The maximum atomic E-state index is 2.46. The summed E-state index contributed by atoms with van der Waals surface area (Å²) < 4.78 is 4.84. The Labute approximate surface area is 265 Å². The summed E-state index contributed by atoms with van der Waals surface area (Å²) in [6.07, 6.45) is 3.50.